The second-order valence-electron chi connectivity index (χ2n) is 12.9. The molecule has 45 heavy (non-hydrogen) atoms. The molecule has 0 saturated heterocycles. The number of benzene rings is 2. The molecule has 240 valence electrons. The summed E-state index contributed by atoms with van der Waals surface area (Å²) < 4.78 is 36.1. The minimum absolute atomic E-state index is 0.0585. The molecule has 0 radical (unpaired) electrons. The topological polar surface area (TPSA) is 122 Å². The standard InChI is InChI=1S/C34H43N5O5S/c1-21(2)17-27-20-44-30-19-29(31-22(3)9-7-10-23(31)4)35-34(36-30)37-45(42,43)28-12-8-11-25(18-28)33(41)39(27)26-15-13-24(14-16-26)32(40)38(5)6/h7-12,18-19,21,24,26-27H,13-17,20H2,1-6H3,(H,35,36,37)/t24-,26-,27-/m1/s1. The lowest BCUT2D eigenvalue weighted by molar-refractivity contribution is -0.134. The Morgan fingerprint density at radius 1 is 1.02 bits per heavy atom. The van der Waals surface area contributed by atoms with Gasteiger partial charge in [-0.05, 0) is 81.2 Å². The Morgan fingerprint density at radius 3 is 2.33 bits per heavy atom. The summed E-state index contributed by atoms with van der Waals surface area (Å²) in [5, 5.41) is 0. The molecule has 3 aromatic rings. The molecule has 2 aliphatic rings. The van der Waals surface area contributed by atoms with Gasteiger partial charge in [0.2, 0.25) is 17.7 Å². The highest BCUT2D eigenvalue weighted by Crippen LogP contribution is 2.34. The molecule has 1 saturated carbocycles. The molecule has 2 aromatic carbocycles. The predicted octanol–water partition coefficient (Wildman–Crippen LogP) is 5.46. The Labute approximate surface area is 266 Å². The first-order valence-corrected chi connectivity index (χ1v) is 17.1. The number of amides is 2. The molecule has 10 nitrogen and oxygen atoms in total. The average Bonchev–Trinajstić information content (AvgIpc) is 2.99. The fourth-order valence-electron chi connectivity index (χ4n) is 6.60. The lowest BCUT2D eigenvalue weighted by Crippen LogP contribution is -2.52. The van der Waals surface area contributed by atoms with E-state index in [2.05, 4.69) is 28.5 Å². The Hall–Kier alpha value is -3.99. The molecule has 1 N–H and O–H groups in total. The molecule has 2 heterocycles. The quantitative estimate of drug-likeness (QED) is 0.396. The van der Waals surface area contributed by atoms with Crippen LogP contribution in [0.4, 0.5) is 5.95 Å². The number of hydrogen-bond donors (Lipinski definition) is 1. The molecule has 1 aromatic heterocycles. The first-order valence-electron chi connectivity index (χ1n) is 15.6. The highest BCUT2D eigenvalue weighted by atomic mass is 32.2. The third-order valence-electron chi connectivity index (χ3n) is 8.73. The average molecular weight is 634 g/mol. The molecule has 11 heteroatoms. The summed E-state index contributed by atoms with van der Waals surface area (Å²) in [4.78, 5) is 39.6. The highest BCUT2D eigenvalue weighted by molar-refractivity contribution is 7.92. The molecule has 1 atom stereocenters. The van der Waals surface area contributed by atoms with Crippen LogP contribution < -0.4 is 9.46 Å². The van der Waals surface area contributed by atoms with Crippen LogP contribution in [0.25, 0.3) is 11.3 Å². The second kappa shape index (κ2) is 13.2. The molecule has 1 aliphatic heterocycles. The van der Waals surface area contributed by atoms with Gasteiger partial charge in [0.25, 0.3) is 15.9 Å². The van der Waals surface area contributed by atoms with E-state index in [1.807, 2.05) is 36.9 Å². The van der Waals surface area contributed by atoms with Crippen molar-refractivity contribution in [1.82, 2.24) is 19.8 Å². The van der Waals surface area contributed by atoms with Crippen LogP contribution in [-0.2, 0) is 14.8 Å². The van der Waals surface area contributed by atoms with E-state index in [-0.39, 0.29) is 64.6 Å². The normalized spacial score (nSPS) is 21.5. The lowest BCUT2D eigenvalue weighted by atomic mass is 9.83. The van der Waals surface area contributed by atoms with Crippen molar-refractivity contribution < 1.29 is 22.7 Å². The van der Waals surface area contributed by atoms with Gasteiger partial charge in [0, 0.05) is 43.2 Å². The largest absolute Gasteiger partial charge is 0.475 e. The van der Waals surface area contributed by atoms with Crippen LogP contribution in [0.5, 0.6) is 5.88 Å². The third-order valence-corrected chi connectivity index (χ3v) is 10.1. The molecular weight excluding hydrogens is 590 g/mol. The molecule has 0 unspecified atom stereocenters. The van der Waals surface area contributed by atoms with Gasteiger partial charge in [-0.2, -0.15) is 4.98 Å². The van der Waals surface area contributed by atoms with Gasteiger partial charge in [0.15, 0.2) is 0 Å². The van der Waals surface area contributed by atoms with Crippen molar-refractivity contribution in [3.8, 4) is 17.1 Å². The molecule has 1 aliphatic carbocycles. The first kappa shape index (κ1) is 32.4. The maximum absolute atomic E-state index is 14.4. The number of ether oxygens (including phenoxy) is 1. The van der Waals surface area contributed by atoms with Crippen LogP contribution in [0.2, 0.25) is 0 Å². The molecule has 5 rings (SSSR count). The van der Waals surface area contributed by atoms with Gasteiger partial charge >= 0.3 is 0 Å². The SMILES string of the molecule is Cc1cccc(C)c1-c1cc2nc(n1)NS(=O)(=O)c1cccc(c1)C(=O)N([C@H]1CC[C@H](C(=O)N(C)C)CC1)[C@H](CC(C)C)CO2. The summed E-state index contributed by atoms with van der Waals surface area (Å²) in [7, 11) is -0.603. The zero-order valence-corrected chi connectivity index (χ0v) is 27.7. The Kier molecular flexibility index (Phi) is 9.48. The van der Waals surface area contributed by atoms with E-state index in [0.717, 1.165) is 16.7 Å². The van der Waals surface area contributed by atoms with E-state index < -0.39 is 10.0 Å². The van der Waals surface area contributed by atoms with Gasteiger partial charge in [-0.15, -0.1) is 0 Å². The van der Waals surface area contributed by atoms with Crippen LogP contribution in [0.3, 0.4) is 0 Å². The Balaban J connectivity index is 1.61. The van der Waals surface area contributed by atoms with Gasteiger partial charge < -0.3 is 14.5 Å². The fraction of sp³-hybridized carbons (Fsp3) is 0.471. The van der Waals surface area contributed by atoms with Crippen molar-refractivity contribution in [2.75, 3.05) is 25.4 Å². The zero-order valence-electron chi connectivity index (χ0n) is 26.9. The highest BCUT2D eigenvalue weighted by Gasteiger charge is 2.37. The molecule has 0 spiro atoms. The number of hydrogen-bond acceptors (Lipinski definition) is 7. The lowest BCUT2D eigenvalue weighted by Gasteiger charge is -2.42. The van der Waals surface area contributed by atoms with Crippen LogP contribution in [0.15, 0.2) is 53.4 Å². The number of nitrogens with zero attached hydrogens (tertiary/aromatic N) is 4. The van der Waals surface area contributed by atoms with Gasteiger partial charge in [-0.25, -0.2) is 18.1 Å². The number of rotatable bonds is 5. The van der Waals surface area contributed by atoms with Gasteiger partial charge in [0.05, 0.1) is 16.6 Å². The number of aromatic nitrogens is 2. The van der Waals surface area contributed by atoms with Gasteiger partial charge in [-0.1, -0.05) is 38.1 Å². The summed E-state index contributed by atoms with van der Waals surface area (Å²) in [5.74, 6) is 0.128. The van der Waals surface area contributed by atoms with Crippen LogP contribution in [-0.4, -0.2) is 72.8 Å². The van der Waals surface area contributed by atoms with E-state index in [4.69, 9.17) is 4.74 Å². The Morgan fingerprint density at radius 2 is 1.69 bits per heavy atom. The molecule has 1 fully saturated rings. The van der Waals surface area contributed by atoms with Crippen molar-refractivity contribution >= 4 is 27.8 Å². The number of anilines is 1. The summed E-state index contributed by atoms with van der Waals surface area (Å²) in [5.41, 5.74) is 3.65. The number of fused-ring (bicyclic) bond motifs is 4. The number of nitrogens with one attached hydrogen (secondary N) is 1. The van der Waals surface area contributed by atoms with Crippen molar-refractivity contribution in [2.24, 2.45) is 11.8 Å². The summed E-state index contributed by atoms with van der Waals surface area (Å²) in [6, 6.07) is 13.3. The van der Waals surface area contributed by atoms with Crippen LogP contribution in [0.1, 0.15) is 67.4 Å². The summed E-state index contributed by atoms with van der Waals surface area (Å²) in [6.07, 6.45) is 3.35. The number of carbonyl (C=O) groups excluding carboxylic acids is 2. The smallest absolute Gasteiger partial charge is 0.264 e. The number of sulfonamides is 1. The number of carbonyl (C=O) groups is 2. The summed E-state index contributed by atoms with van der Waals surface area (Å²) >= 11 is 0. The summed E-state index contributed by atoms with van der Waals surface area (Å²) in [6.45, 7) is 8.33. The van der Waals surface area contributed by atoms with Crippen molar-refractivity contribution in [3.63, 3.8) is 0 Å². The fourth-order valence-corrected chi connectivity index (χ4v) is 7.59. The van der Waals surface area contributed by atoms with Gasteiger partial charge in [-0.3, -0.25) is 9.59 Å². The van der Waals surface area contributed by atoms with Crippen LogP contribution in [0, 0.1) is 25.7 Å². The third kappa shape index (κ3) is 7.13. The Bertz CT molecular complexity index is 1660. The number of aryl methyl sites for hydroxylation is 2. The first-order chi connectivity index (χ1) is 21.3. The van der Waals surface area contributed by atoms with Crippen molar-refractivity contribution in [1.29, 1.82) is 0 Å². The van der Waals surface area contributed by atoms with E-state index in [1.54, 1.807) is 37.2 Å². The molecule has 4 bridgehead atoms. The van der Waals surface area contributed by atoms with Crippen molar-refractivity contribution in [3.05, 3.63) is 65.2 Å². The van der Waals surface area contributed by atoms with E-state index in [0.29, 0.717) is 37.8 Å². The minimum Gasteiger partial charge on any atom is -0.475 e. The van der Waals surface area contributed by atoms with Crippen molar-refractivity contribution in [2.45, 2.75) is 76.8 Å². The zero-order chi connectivity index (χ0) is 32.5. The van der Waals surface area contributed by atoms with Gasteiger partial charge in [0.1, 0.15) is 6.61 Å². The van der Waals surface area contributed by atoms with E-state index in [9.17, 15) is 18.0 Å². The monoisotopic (exact) mass is 633 g/mol. The molecular formula is C34H43N5O5S. The maximum Gasteiger partial charge on any atom is 0.264 e. The van der Waals surface area contributed by atoms with Crippen LogP contribution >= 0.6 is 0 Å². The predicted molar refractivity (Wildman–Crippen MR) is 174 cm³/mol. The van der Waals surface area contributed by atoms with E-state index >= 15 is 0 Å². The molecule has 2 amide bonds. The second-order valence-corrected chi connectivity index (χ2v) is 14.5. The maximum atomic E-state index is 14.4. The minimum atomic E-state index is -4.14. The van der Waals surface area contributed by atoms with E-state index in [1.165, 1.54) is 12.1 Å².